The number of rotatable bonds is 1. The van der Waals surface area contributed by atoms with Crippen LogP contribution in [0.3, 0.4) is 0 Å². The Morgan fingerprint density at radius 3 is 2.93 bits per heavy atom. The molecule has 2 rings (SSSR count). The number of carboxylic acid groups (broad SMARTS) is 1. The van der Waals surface area contributed by atoms with Gasteiger partial charge < -0.3 is 20.1 Å². The Kier molecular flexibility index (Phi) is 2.24. The Balaban J connectivity index is 2.40. The van der Waals surface area contributed by atoms with Crippen LogP contribution in [-0.4, -0.2) is 39.6 Å². The molecule has 0 bridgehead atoms. The van der Waals surface area contributed by atoms with E-state index in [4.69, 9.17) is 9.84 Å². The number of ether oxygens (including phenoxy) is 1. The van der Waals surface area contributed by atoms with Crippen molar-refractivity contribution in [2.45, 2.75) is 25.0 Å². The van der Waals surface area contributed by atoms with Crippen LogP contribution in [0, 0.1) is 11.8 Å². The number of aliphatic carboxylic acids is 1. The molecule has 2 aliphatic rings. The molecular weight excluding hydrogens is 200 g/mol. The fourth-order valence-corrected chi connectivity index (χ4v) is 2.57. The Hall–Kier alpha value is -1.07. The second-order valence-corrected chi connectivity index (χ2v) is 4.36. The van der Waals surface area contributed by atoms with E-state index in [0.29, 0.717) is 6.42 Å². The van der Waals surface area contributed by atoms with Gasteiger partial charge in [-0.05, 0) is 12.3 Å². The van der Waals surface area contributed by atoms with Crippen molar-refractivity contribution in [3.05, 3.63) is 11.8 Å². The van der Waals surface area contributed by atoms with Gasteiger partial charge in [-0.2, -0.15) is 0 Å². The molecule has 0 aromatic rings. The van der Waals surface area contributed by atoms with Crippen molar-refractivity contribution in [1.29, 1.82) is 0 Å². The third-order valence-corrected chi connectivity index (χ3v) is 3.48. The SMILES string of the molecule is CC1CC(O)C2C(C(=O)O)=COCC12O. The molecule has 3 N–H and O–H groups in total. The summed E-state index contributed by atoms with van der Waals surface area (Å²) < 4.78 is 4.98. The van der Waals surface area contributed by atoms with Gasteiger partial charge in [-0.3, -0.25) is 0 Å². The van der Waals surface area contributed by atoms with Gasteiger partial charge in [0.1, 0.15) is 12.2 Å². The summed E-state index contributed by atoms with van der Waals surface area (Å²) in [5.74, 6) is -2.05. The molecule has 0 aromatic heterocycles. The van der Waals surface area contributed by atoms with Crippen LogP contribution in [0.4, 0.5) is 0 Å². The summed E-state index contributed by atoms with van der Waals surface area (Å²) in [7, 11) is 0. The highest BCUT2D eigenvalue weighted by molar-refractivity contribution is 5.87. The Morgan fingerprint density at radius 1 is 1.67 bits per heavy atom. The molecule has 5 heteroatoms. The van der Waals surface area contributed by atoms with Crippen molar-refractivity contribution in [3.63, 3.8) is 0 Å². The van der Waals surface area contributed by atoms with Gasteiger partial charge in [0.15, 0.2) is 0 Å². The van der Waals surface area contributed by atoms with Crippen LogP contribution < -0.4 is 0 Å². The molecule has 4 unspecified atom stereocenters. The average Bonchev–Trinajstić information content (AvgIpc) is 2.37. The van der Waals surface area contributed by atoms with Crippen LogP contribution in [0.5, 0.6) is 0 Å². The Morgan fingerprint density at radius 2 is 2.33 bits per heavy atom. The highest BCUT2D eigenvalue weighted by Crippen LogP contribution is 2.46. The van der Waals surface area contributed by atoms with Crippen molar-refractivity contribution in [3.8, 4) is 0 Å². The van der Waals surface area contributed by atoms with E-state index >= 15 is 0 Å². The van der Waals surface area contributed by atoms with Crippen molar-refractivity contribution in [1.82, 2.24) is 0 Å². The van der Waals surface area contributed by atoms with E-state index in [0.717, 1.165) is 6.26 Å². The first-order chi connectivity index (χ1) is 6.97. The fourth-order valence-electron chi connectivity index (χ4n) is 2.57. The minimum Gasteiger partial charge on any atom is -0.498 e. The van der Waals surface area contributed by atoms with Crippen LogP contribution in [0.25, 0.3) is 0 Å². The third-order valence-electron chi connectivity index (χ3n) is 3.48. The van der Waals surface area contributed by atoms with Gasteiger partial charge in [0, 0.05) is 0 Å². The van der Waals surface area contributed by atoms with Crippen LogP contribution in [0.2, 0.25) is 0 Å². The lowest BCUT2D eigenvalue weighted by molar-refractivity contribution is -0.139. The number of aliphatic hydroxyl groups excluding tert-OH is 1. The quantitative estimate of drug-likeness (QED) is 0.559. The van der Waals surface area contributed by atoms with Gasteiger partial charge in [-0.1, -0.05) is 6.92 Å². The second kappa shape index (κ2) is 3.21. The van der Waals surface area contributed by atoms with Gasteiger partial charge in [0.2, 0.25) is 0 Å². The number of aliphatic hydroxyl groups is 2. The zero-order valence-corrected chi connectivity index (χ0v) is 8.38. The van der Waals surface area contributed by atoms with Gasteiger partial charge in [0.05, 0.1) is 23.9 Å². The highest BCUT2D eigenvalue weighted by atomic mass is 16.5. The first-order valence-electron chi connectivity index (χ1n) is 4.92. The molecule has 15 heavy (non-hydrogen) atoms. The smallest absolute Gasteiger partial charge is 0.335 e. The zero-order chi connectivity index (χ0) is 11.2. The molecule has 1 fully saturated rings. The first-order valence-corrected chi connectivity index (χ1v) is 4.92. The van der Waals surface area contributed by atoms with Crippen LogP contribution in [0.1, 0.15) is 13.3 Å². The molecule has 0 amide bonds. The molecule has 0 radical (unpaired) electrons. The summed E-state index contributed by atoms with van der Waals surface area (Å²) in [5.41, 5.74) is -1.29. The monoisotopic (exact) mass is 214 g/mol. The van der Waals surface area contributed by atoms with E-state index in [-0.39, 0.29) is 18.1 Å². The minimum atomic E-state index is -1.25. The molecule has 1 aliphatic heterocycles. The summed E-state index contributed by atoms with van der Waals surface area (Å²) in [6.45, 7) is 1.84. The number of carbonyl (C=O) groups is 1. The standard InChI is InChI=1S/C10H14O5/c1-5-2-7(11)8-6(9(12)13)3-15-4-10(5,8)14/h3,5,7-8,11,14H,2,4H2,1H3,(H,12,13). The van der Waals surface area contributed by atoms with E-state index in [1.165, 1.54) is 0 Å². The van der Waals surface area contributed by atoms with Crippen LogP contribution >= 0.6 is 0 Å². The van der Waals surface area contributed by atoms with E-state index < -0.39 is 23.6 Å². The summed E-state index contributed by atoms with van der Waals surface area (Å²) in [6, 6.07) is 0. The molecule has 1 heterocycles. The third kappa shape index (κ3) is 1.34. The van der Waals surface area contributed by atoms with Crippen molar-refractivity contribution in [2.75, 3.05) is 6.61 Å². The lowest BCUT2D eigenvalue weighted by Gasteiger charge is -2.36. The predicted octanol–water partition coefficient (Wildman–Crippen LogP) is -0.267. The summed E-state index contributed by atoms with van der Waals surface area (Å²) in [4.78, 5) is 10.9. The van der Waals surface area contributed by atoms with Crippen molar-refractivity contribution >= 4 is 5.97 Å². The molecule has 84 valence electrons. The molecule has 4 atom stereocenters. The molecule has 5 nitrogen and oxygen atoms in total. The van der Waals surface area contributed by atoms with Crippen LogP contribution in [-0.2, 0) is 9.53 Å². The minimum absolute atomic E-state index is 0.0411. The van der Waals surface area contributed by atoms with E-state index in [1.807, 2.05) is 0 Å². The Bertz CT molecular complexity index is 324. The van der Waals surface area contributed by atoms with E-state index in [9.17, 15) is 15.0 Å². The maximum absolute atomic E-state index is 10.9. The number of hydrogen-bond donors (Lipinski definition) is 3. The summed E-state index contributed by atoms with van der Waals surface area (Å²) in [6.07, 6.45) is 0.717. The lowest BCUT2D eigenvalue weighted by Crippen LogP contribution is -2.49. The first kappa shape index (κ1) is 10.4. The number of hydrogen-bond acceptors (Lipinski definition) is 4. The molecule has 0 saturated heterocycles. The Labute approximate surface area is 87.0 Å². The predicted molar refractivity (Wildman–Crippen MR) is 49.9 cm³/mol. The second-order valence-electron chi connectivity index (χ2n) is 4.36. The molecule has 0 aromatic carbocycles. The molecule has 0 spiro atoms. The van der Waals surface area contributed by atoms with Gasteiger partial charge in [-0.15, -0.1) is 0 Å². The number of carboxylic acids is 1. The van der Waals surface area contributed by atoms with E-state index in [1.54, 1.807) is 6.92 Å². The normalized spacial score (nSPS) is 44.2. The average molecular weight is 214 g/mol. The molecule has 1 aliphatic carbocycles. The molecule has 1 saturated carbocycles. The van der Waals surface area contributed by atoms with E-state index in [2.05, 4.69) is 0 Å². The maximum Gasteiger partial charge on any atom is 0.335 e. The largest absolute Gasteiger partial charge is 0.498 e. The maximum atomic E-state index is 10.9. The van der Waals surface area contributed by atoms with Gasteiger partial charge >= 0.3 is 5.97 Å². The topological polar surface area (TPSA) is 87.0 Å². The van der Waals surface area contributed by atoms with Crippen LogP contribution in [0.15, 0.2) is 11.8 Å². The number of fused-ring (bicyclic) bond motifs is 1. The summed E-state index contributed by atoms with van der Waals surface area (Å²) >= 11 is 0. The highest BCUT2D eigenvalue weighted by Gasteiger charge is 2.56. The summed E-state index contributed by atoms with van der Waals surface area (Å²) in [5, 5.41) is 29.0. The zero-order valence-electron chi connectivity index (χ0n) is 8.38. The van der Waals surface area contributed by atoms with Crippen molar-refractivity contribution in [2.24, 2.45) is 11.8 Å². The van der Waals surface area contributed by atoms with Crippen molar-refractivity contribution < 1.29 is 24.9 Å². The fraction of sp³-hybridized carbons (Fsp3) is 0.700. The van der Waals surface area contributed by atoms with Gasteiger partial charge in [0.25, 0.3) is 0 Å². The molecular formula is C10H14O5. The lowest BCUT2D eigenvalue weighted by atomic mass is 9.80. The van der Waals surface area contributed by atoms with Gasteiger partial charge in [-0.25, -0.2) is 4.79 Å².